The maximum absolute atomic E-state index is 12.4. The average Bonchev–Trinajstić information content (AvgIpc) is 2.70. The zero-order chi connectivity index (χ0) is 14.0. The zero-order valence-corrected chi connectivity index (χ0v) is 10.8. The van der Waals surface area contributed by atoms with Crippen molar-refractivity contribution in [2.45, 2.75) is 25.9 Å². The number of hydrogen-bond donors (Lipinski definition) is 0. The molecule has 0 saturated carbocycles. The van der Waals surface area contributed by atoms with E-state index in [1.165, 1.54) is 10.7 Å². The molecule has 0 amide bonds. The van der Waals surface area contributed by atoms with Gasteiger partial charge in [0.25, 0.3) is 0 Å². The Morgan fingerprint density at radius 1 is 1.32 bits per heavy atom. The van der Waals surface area contributed by atoms with Crippen LogP contribution >= 0.6 is 11.6 Å². The molecule has 3 nitrogen and oxygen atoms in total. The molecule has 102 valence electrons. The minimum absolute atomic E-state index is 0.264. The van der Waals surface area contributed by atoms with Gasteiger partial charge in [-0.1, -0.05) is 24.9 Å². The molecule has 0 aromatic carbocycles. The van der Waals surface area contributed by atoms with Crippen LogP contribution in [0.4, 0.5) is 13.2 Å². The fourth-order valence-electron chi connectivity index (χ4n) is 1.62. The molecule has 0 bridgehead atoms. The number of aryl methyl sites for hydroxylation is 1. The van der Waals surface area contributed by atoms with Gasteiger partial charge in [0, 0.05) is 6.20 Å². The van der Waals surface area contributed by atoms with Crippen molar-refractivity contribution in [3.05, 3.63) is 40.8 Å². The van der Waals surface area contributed by atoms with Crippen molar-refractivity contribution >= 4 is 11.6 Å². The number of rotatable bonds is 3. The third-order valence-electron chi connectivity index (χ3n) is 2.51. The molecule has 0 N–H and O–H groups in total. The van der Waals surface area contributed by atoms with Crippen LogP contribution in [0.3, 0.4) is 0 Å². The van der Waals surface area contributed by atoms with Crippen LogP contribution in [0.5, 0.6) is 0 Å². The Bertz CT molecular complexity index is 561. The largest absolute Gasteiger partial charge is 0.417 e. The highest BCUT2D eigenvalue weighted by atomic mass is 35.5. The highest BCUT2D eigenvalue weighted by Gasteiger charge is 2.30. The summed E-state index contributed by atoms with van der Waals surface area (Å²) in [6, 6.07) is 3.89. The van der Waals surface area contributed by atoms with E-state index in [2.05, 4.69) is 10.1 Å². The summed E-state index contributed by atoms with van der Waals surface area (Å²) in [5.41, 5.74) is -0.0116. The lowest BCUT2D eigenvalue weighted by molar-refractivity contribution is -0.137. The van der Waals surface area contributed by atoms with Crippen molar-refractivity contribution in [1.82, 2.24) is 14.8 Å². The van der Waals surface area contributed by atoms with Crippen molar-refractivity contribution in [2.75, 3.05) is 0 Å². The molecular formula is C12H11ClF3N3. The molecule has 0 aliphatic carbocycles. The van der Waals surface area contributed by atoms with E-state index in [0.29, 0.717) is 5.15 Å². The van der Waals surface area contributed by atoms with Crippen LogP contribution in [-0.2, 0) is 12.6 Å². The highest BCUT2D eigenvalue weighted by Crippen LogP contribution is 2.29. The zero-order valence-electron chi connectivity index (χ0n) is 10.1. The Hall–Kier alpha value is -1.56. The van der Waals surface area contributed by atoms with E-state index < -0.39 is 11.7 Å². The average molecular weight is 290 g/mol. The maximum atomic E-state index is 12.4. The van der Waals surface area contributed by atoms with Crippen molar-refractivity contribution in [1.29, 1.82) is 0 Å². The van der Waals surface area contributed by atoms with E-state index in [4.69, 9.17) is 11.6 Å². The SMILES string of the molecule is CCCc1cc(Cl)n(-c2ccc(C(F)(F)F)cn2)n1. The minimum atomic E-state index is -4.40. The number of aromatic nitrogens is 3. The van der Waals surface area contributed by atoms with Crippen molar-refractivity contribution in [3.8, 4) is 5.82 Å². The predicted octanol–water partition coefficient (Wildman–Crippen LogP) is 3.89. The molecule has 2 heterocycles. The standard InChI is InChI=1S/C12H11ClF3N3/c1-2-3-9-6-10(13)19(18-9)11-5-4-8(7-17-11)12(14,15)16/h4-7H,2-3H2,1H3. The Balaban J connectivity index is 2.32. The number of hydrogen-bond acceptors (Lipinski definition) is 2. The Kier molecular flexibility index (Phi) is 3.80. The van der Waals surface area contributed by atoms with Crippen LogP contribution in [0.1, 0.15) is 24.6 Å². The second-order valence-corrected chi connectivity index (χ2v) is 4.41. The monoisotopic (exact) mass is 289 g/mol. The molecular weight excluding hydrogens is 279 g/mol. The van der Waals surface area contributed by atoms with Gasteiger partial charge < -0.3 is 0 Å². The first-order valence-corrected chi connectivity index (χ1v) is 6.07. The van der Waals surface area contributed by atoms with Crippen LogP contribution in [0.2, 0.25) is 5.15 Å². The smallest absolute Gasteiger partial charge is 0.236 e. The van der Waals surface area contributed by atoms with Crippen LogP contribution in [0, 0.1) is 0 Å². The van der Waals surface area contributed by atoms with E-state index >= 15 is 0 Å². The van der Waals surface area contributed by atoms with E-state index in [-0.39, 0.29) is 5.82 Å². The minimum Gasteiger partial charge on any atom is -0.236 e. The van der Waals surface area contributed by atoms with Gasteiger partial charge in [-0.15, -0.1) is 0 Å². The fourth-order valence-corrected chi connectivity index (χ4v) is 1.87. The summed E-state index contributed by atoms with van der Waals surface area (Å²) in [7, 11) is 0. The third kappa shape index (κ3) is 3.07. The van der Waals surface area contributed by atoms with Crippen LogP contribution in [0.15, 0.2) is 24.4 Å². The summed E-state index contributed by atoms with van der Waals surface area (Å²) >= 11 is 5.98. The summed E-state index contributed by atoms with van der Waals surface area (Å²) in [4.78, 5) is 3.75. The number of alkyl halides is 3. The molecule has 19 heavy (non-hydrogen) atoms. The molecule has 0 atom stereocenters. The molecule has 2 aromatic rings. The van der Waals surface area contributed by atoms with E-state index in [1.54, 1.807) is 6.07 Å². The van der Waals surface area contributed by atoms with E-state index in [0.717, 1.165) is 30.8 Å². The van der Waals surface area contributed by atoms with Gasteiger partial charge in [-0.2, -0.15) is 18.3 Å². The van der Waals surface area contributed by atoms with Gasteiger partial charge in [0.05, 0.1) is 11.3 Å². The van der Waals surface area contributed by atoms with Gasteiger partial charge in [0.15, 0.2) is 5.82 Å². The molecule has 0 unspecified atom stereocenters. The first kappa shape index (κ1) is 13.9. The first-order chi connectivity index (χ1) is 8.91. The number of pyridine rings is 1. The second-order valence-electron chi connectivity index (χ2n) is 4.02. The van der Waals surface area contributed by atoms with Gasteiger partial charge in [-0.25, -0.2) is 9.67 Å². The molecule has 0 spiro atoms. The van der Waals surface area contributed by atoms with Crippen molar-refractivity contribution < 1.29 is 13.2 Å². The summed E-state index contributed by atoms with van der Waals surface area (Å²) < 4.78 is 38.6. The van der Waals surface area contributed by atoms with Gasteiger partial charge in [-0.05, 0) is 24.6 Å². The second kappa shape index (κ2) is 5.21. The number of halogens is 4. The fraction of sp³-hybridized carbons (Fsp3) is 0.333. The van der Waals surface area contributed by atoms with Crippen LogP contribution < -0.4 is 0 Å². The van der Waals surface area contributed by atoms with E-state index in [9.17, 15) is 13.2 Å². The van der Waals surface area contributed by atoms with Crippen molar-refractivity contribution in [2.24, 2.45) is 0 Å². The molecule has 0 radical (unpaired) electrons. The molecule has 0 saturated heterocycles. The quantitative estimate of drug-likeness (QED) is 0.858. The van der Waals surface area contributed by atoms with Crippen LogP contribution in [0.25, 0.3) is 5.82 Å². The normalized spacial score (nSPS) is 11.8. The van der Waals surface area contributed by atoms with Crippen LogP contribution in [-0.4, -0.2) is 14.8 Å². The van der Waals surface area contributed by atoms with Gasteiger partial charge >= 0.3 is 6.18 Å². The molecule has 2 rings (SSSR count). The Morgan fingerprint density at radius 3 is 2.58 bits per heavy atom. The topological polar surface area (TPSA) is 30.7 Å². The van der Waals surface area contributed by atoms with Crippen molar-refractivity contribution in [3.63, 3.8) is 0 Å². The van der Waals surface area contributed by atoms with Gasteiger partial charge in [0.1, 0.15) is 5.15 Å². The summed E-state index contributed by atoms with van der Waals surface area (Å²) in [5.74, 6) is 0.264. The van der Waals surface area contributed by atoms with Gasteiger partial charge in [-0.3, -0.25) is 0 Å². The molecule has 0 aliphatic rings. The summed E-state index contributed by atoms with van der Waals surface area (Å²) in [5, 5.41) is 4.53. The Morgan fingerprint density at radius 2 is 2.05 bits per heavy atom. The van der Waals surface area contributed by atoms with E-state index in [1.807, 2.05) is 6.92 Å². The lowest BCUT2D eigenvalue weighted by Gasteiger charge is -2.07. The lowest BCUT2D eigenvalue weighted by Crippen LogP contribution is -2.07. The summed E-state index contributed by atoms with van der Waals surface area (Å²) in [6.45, 7) is 2.00. The Labute approximate surface area is 113 Å². The molecule has 2 aromatic heterocycles. The highest BCUT2D eigenvalue weighted by molar-refractivity contribution is 6.29. The lowest BCUT2D eigenvalue weighted by atomic mass is 10.3. The molecule has 0 aliphatic heterocycles. The number of nitrogens with zero attached hydrogens (tertiary/aromatic N) is 3. The predicted molar refractivity (Wildman–Crippen MR) is 65.4 cm³/mol. The van der Waals surface area contributed by atoms with Gasteiger partial charge in [0.2, 0.25) is 0 Å². The first-order valence-electron chi connectivity index (χ1n) is 5.70. The molecule has 7 heteroatoms. The summed E-state index contributed by atoms with van der Waals surface area (Å²) in [6.07, 6.45) is -1.96. The maximum Gasteiger partial charge on any atom is 0.417 e. The molecule has 0 fully saturated rings. The third-order valence-corrected chi connectivity index (χ3v) is 2.78.